The summed E-state index contributed by atoms with van der Waals surface area (Å²) in [6, 6.07) is 16.9. The second-order valence-electron chi connectivity index (χ2n) is 5.66. The Balaban J connectivity index is 1.57. The summed E-state index contributed by atoms with van der Waals surface area (Å²) in [7, 11) is 0. The van der Waals surface area contributed by atoms with E-state index in [-0.39, 0.29) is 18.1 Å². The highest BCUT2D eigenvalue weighted by Crippen LogP contribution is 2.18. The highest BCUT2D eigenvalue weighted by molar-refractivity contribution is 5.92. The summed E-state index contributed by atoms with van der Waals surface area (Å²) < 4.78 is 19.0. The van der Waals surface area contributed by atoms with Crippen LogP contribution in [0.1, 0.15) is 23.0 Å². The lowest BCUT2D eigenvalue weighted by atomic mass is 10.2. The quantitative estimate of drug-likeness (QED) is 0.667. The van der Waals surface area contributed by atoms with Crippen LogP contribution in [0.3, 0.4) is 0 Å². The third-order valence-electron chi connectivity index (χ3n) is 3.73. The lowest BCUT2D eigenvalue weighted by Gasteiger charge is -2.08. The van der Waals surface area contributed by atoms with Gasteiger partial charge in [-0.2, -0.15) is 0 Å². The van der Waals surface area contributed by atoms with Crippen LogP contribution < -0.4 is 15.4 Å². The number of amides is 1. The van der Waals surface area contributed by atoms with E-state index in [1.165, 1.54) is 6.07 Å². The van der Waals surface area contributed by atoms with Crippen LogP contribution in [0.5, 0.6) is 5.75 Å². The lowest BCUT2D eigenvalue weighted by molar-refractivity contribution is 0.0944. The zero-order valence-corrected chi connectivity index (χ0v) is 14.8. The number of nitrogens with zero attached hydrogens (tertiary/aromatic N) is 2. The Morgan fingerprint density at radius 3 is 2.48 bits per heavy atom. The largest absolute Gasteiger partial charge is 0.494 e. The Kier molecular flexibility index (Phi) is 5.94. The predicted octanol–water partition coefficient (Wildman–Crippen LogP) is 3.69. The molecule has 0 fully saturated rings. The van der Waals surface area contributed by atoms with Crippen molar-refractivity contribution in [1.29, 1.82) is 0 Å². The number of benzene rings is 2. The highest BCUT2D eigenvalue weighted by Gasteiger charge is 2.09. The third kappa shape index (κ3) is 5.01. The molecule has 1 aromatic heterocycles. The average molecular weight is 366 g/mol. The molecule has 2 aromatic carbocycles. The molecule has 138 valence electrons. The zero-order valence-electron chi connectivity index (χ0n) is 14.8. The van der Waals surface area contributed by atoms with Crippen LogP contribution in [0.25, 0.3) is 0 Å². The summed E-state index contributed by atoms with van der Waals surface area (Å²) in [5, 5.41) is 13.6. The molecule has 0 spiro atoms. The number of halogens is 1. The van der Waals surface area contributed by atoms with E-state index >= 15 is 0 Å². The van der Waals surface area contributed by atoms with E-state index in [0.29, 0.717) is 18.0 Å². The lowest BCUT2D eigenvalue weighted by Crippen LogP contribution is -2.24. The topological polar surface area (TPSA) is 76.1 Å². The first-order valence-corrected chi connectivity index (χ1v) is 8.51. The molecule has 0 saturated heterocycles. The first-order valence-electron chi connectivity index (χ1n) is 8.51. The molecule has 0 aliphatic carbocycles. The van der Waals surface area contributed by atoms with Crippen LogP contribution in [0, 0.1) is 5.82 Å². The fourth-order valence-electron chi connectivity index (χ4n) is 2.38. The molecular weight excluding hydrogens is 347 g/mol. The van der Waals surface area contributed by atoms with Gasteiger partial charge in [0.05, 0.1) is 6.61 Å². The molecule has 1 heterocycles. The molecule has 0 saturated carbocycles. The maximum absolute atomic E-state index is 13.6. The number of rotatable bonds is 7. The van der Waals surface area contributed by atoms with E-state index in [0.717, 1.165) is 11.4 Å². The van der Waals surface area contributed by atoms with Crippen LogP contribution >= 0.6 is 0 Å². The van der Waals surface area contributed by atoms with Gasteiger partial charge in [-0.15, -0.1) is 10.2 Å². The summed E-state index contributed by atoms with van der Waals surface area (Å²) in [6.07, 6.45) is 0. The van der Waals surface area contributed by atoms with Crippen LogP contribution in [-0.2, 0) is 6.54 Å². The molecule has 0 aliphatic rings. The van der Waals surface area contributed by atoms with Crippen molar-refractivity contribution < 1.29 is 13.9 Å². The fraction of sp³-hybridized carbons (Fsp3) is 0.150. The van der Waals surface area contributed by atoms with E-state index in [2.05, 4.69) is 20.8 Å². The molecule has 3 aromatic rings. The molecule has 2 N–H and O–H groups in total. The normalized spacial score (nSPS) is 10.3. The van der Waals surface area contributed by atoms with Crippen molar-refractivity contribution in [2.45, 2.75) is 13.5 Å². The van der Waals surface area contributed by atoms with E-state index < -0.39 is 5.91 Å². The van der Waals surface area contributed by atoms with Crippen molar-refractivity contribution in [3.05, 3.63) is 77.7 Å². The number of carbonyl (C=O) groups excluding carboxylic acids is 1. The first kappa shape index (κ1) is 18.3. The summed E-state index contributed by atoms with van der Waals surface area (Å²) in [5.74, 6) is 0.512. The minimum atomic E-state index is -0.418. The molecule has 0 aliphatic heterocycles. The van der Waals surface area contributed by atoms with Crippen molar-refractivity contribution in [1.82, 2.24) is 15.5 Å². The van der Waals surface area contributed by atoms with Crippen molar-refractivity contribution in [2.75, 3.05) is 11.9 Å². The Labute approximate surface area is 156 Å². The highest BCUT2D eigenvalue weighted by atomic mass is 19.1. The van der Waals surface area contributed by atoms with Gasteiger partial charge in [0.15, 0.2) is 11.5 Å². The maximum atomic E-state index is 13.6. The van der Waals surface area contributed by atoms with Crippen LogP contribution in [0.2, 0.25) is 0 Å². The van der Waals surface area contributed by atoms with Crippen molar-refractivity contribution in [3.63, 3.8) is 0 Å². The minimum absolute atomic E-state index is 0.0827. The number of anilines is 2. The average Bonchev–Trinajstić information content (AvgIpc) is 2.69. The molecule has 1 amide bonds. The van der Waals surface area contributed by atoms with Crippen molar-refractivity contribution >= 4 is 17.4 Å². The standard InChI is InChI=1S/C20H19FN4O2/c1-2-27-16-9-7-15(8-10-16)23-19-12-11-18(24-25-19)20(26)22-13-14-5-3-4-6-17(14)21/h3-12H,2,13H2,1H3,(H,22,26)(H,23,25). The summed E-state index contributed by atoms with van der Waals surface area (Å²) in [5.41, 5.74) is 1.39. The number of hydrogen-bond acceptors (Lipinski definition) is 5. The van der Waals surface area contributed by atoms with Gasteiger partial charge in [0, 0.05) is 17.8 Å². The molecule has 6 nitrogen and oxygen atoms in total. The van der Waals surface area contributed by atoms with Gasteiger partial charge in [0.2, 0.25) is 0 Å². The molecule has 7 heteroatoms. The molecule has 3 rings (SSSR count). The monoisotopic (exact) mass is 366 g/mol. The Bertz CT molecular complexity index is 899. The van der Waals surface area contributed by atoms with Crippen LogP contribution in [-0.4, -0.2) is 22.7 Å². The number of aromatic nitrogens is 2. The van der Waals surface area contributed by atoms with Gasteiger partial charge < -0.3 is 15.4 Å². The van der Waals surface area contributed by atoms with Crippen LogP contribution in [0.4, 0.5) is 15.9 Å². The SMILES string of the molecule is CCOc1ccc(Nc2ccc(C(=O)NCc3ccccc3F)nn2)cc1. The second kappa shape index (κ2) is 8.75. The molecule has 0 radical (unpaired) electrons. The second-order valence-corrected chi connectivity index (χ2v) is 5.66. The number of carbonyl (C=O) groups is 1. The minimum Gasteiger partial charge on any atom is -0.494 e. The van der Waals surface area contributed by atoms with Gasteiger partial charge in [-0.1, -0.05) is 18.2 Å². The van der Waals surface area contributed by atoms with Crippen molar-refractivity contribution in [3.8, 4) is 5.75 Å². The molecule has 0 bridgehead atoms. The van der Waals surface area contributed by atoms with E-state index in [9.17, 15) is 9.18 Å². The van der Waals surface area contributed by atoms with Gasteiger partial charge in [0.25, 0.3) is 5.91 Å². The Hall–Kier alpha value is -3.48. The predicted molar refractivity (Wildman–Crippen MR) is 100 cm³/mol. The van der Waals surface area contributed by atoms with Crippen LogP contribution in [0.15, 0.2) is 60.7 Å². The van der Waals surface area contributed by atoms with E-state index in [4.69, 9.17) is 4.74 Å². The Morgan fingerprint density at radius 1 is 1.04 bits per heavy atom. The van der Waals surface area contributed by atoms with Gasteiger partial charge in [-0.05, 0) is 49.4 Å². The summed E-state index contributed by atoms with van der Waals surface area (Å²) in [6.45, 7) is 2.62. The molecule has 0 unspecified atom stereocenters. The number of ether oxygens (including phenoxy) is 1. The summed E-state index contributed by atoms with van der Waals surface area (Å²) in [4.78, 5) is 12.1. The van der Waals surface area contributed by atoms with Gasteiger partial charge >= 0.3 is 0 Å². The van der Waals surface area contributed by atoms with E-state index in [1.54, 1.807) is 30.3 Å². The molecule has 27 heavy (non-hydrogen) atoms. The van der Waals surface area contributed by atoms with Gasteiger partial charge in [-0.25, -0.2) is 4.39 Å². The third-order valence-corrected chi connectivity index (χ3v) is 3.73. The van der Waals surface area contributed by atoms with Gasteiger partial charge in [0.1, 0.15) is 11.6 Å². The molecular formula is C20H19FN4O2. The Morgan fingerprint density at radius 2 is 1.81 bits per heavy atom. The van der Waals surface area contributed by atoms with E-state index in [1.807, 2.05) is 31.2 Å². The first-order chi connectivity index (χ1) is 13.2. The zero-order chi connectivity index (χ0) is 19.1. The fourth-order valence-corrected chi connectivity index (χ4v) is 2.38. The summed E-state index contributed by atoms with van der Waals surface area (Å²) >= 11 is 0. The van der Waals surface area contributed by atoms with Crippen molar-refractivity contribution in [2.24, 2.45) is 0 Å². The molecule has 0 atom stereocenters. The van der Waals surface area contributed by atoms with Gasteiger partial charge in [-0.3, -0.25) is 4.79 Å². The maximum Gasteiger partial charge on any atom is 0.272 e. The number of nitrogens with one attached hydrogen (secondary N) is 2. The smallest absolute Gasteiger partial charge is 0.272 e. The number of hydrogen-bond donors (Lipinski definition) is 2.